The molecule has 1 aromatic heterocycles. The van der Waals surface area contributed by atoms with Gasteiger partial charge in [-0.15, -0.1) is 0 Å². The maximum absolute atomic E-state index is 7.42. The summed E-state index contributed by atoms with van der Waals surface area (Å²) < 4.78 is 2.05. The molecule has 5 heteroatoms. The quantitative estimate of drug-likeness (QED) is 0.569. The molecule has 1 aromatic rings. The highest BCUT2D eigenvalue weighted by Crippen LogP contribution is 2.09. The summed E-state index contributed by atoms with van der Waals surface area (Å²) in [6.07, 6.45) is 0.966. The number of rotatable bonds is 7. The highest BCUT2D eigenvalue weighted by molar-refractivity contribution is 5.79. The first-order valence-electron chi connectivity index (χ1n) is 6.55. The van der Waals surface area contributed by atoms with Crippen molar-refractivity contribution in [3.05, 3.63) is 17.5 Å². The fourth-order valence-corrected chi connectivity index (χ4v) is 2.00. The number of hydrogen-bond acceptors (Lipinski definition) is 3. The second kappa shape index (κ2) is 6.54. The van der Waals surface area contributed by atoms with E-state index >= 15 is 0 Å². The topological polar surface area (TPSA) is 70.9 Å². The molecular weight excluding hydrogens is 226 g/mol. The zero-order valence-electron chi connectivity index (χ0n) is 11.9. The van der Waals surface area contributed by atoms with E-state index in [9.17, 15) is 0 Å². The predicted molar refractivity (Wildman–Crippen MR) is 74.7 cm³/mol. The lowest BCUT2D eigenvalue weighted by molar-refractivity contribution is 0.296. The summed E-state index contributed by atoms with van der Waals surface area (Å²) in [5, 5.41) is 12.0. The normalized spacial score (nSPS) is 12.9. The first-order valence-corrected chi connectivity index (χ1v) is 6.55. The minimum Gasteiger partial charge on any atom is -0.387 e. The van der Waals surface area contributed by atoms with Crippen molar-refractivity contribution in [1.82, 2.24) is 14.7 Å². The largest absolute Gasteiger partial charge is 0.387 e. The average molecular weight is 251 g/mol. The molecule has 1 atom stereocenters. The van der Waals surface area contributed by atoms with E-state index in [4.69, 9.17) is 11.1 Å². The van der Waals surface area contributed by atoms with Crippen LogP contribution in [0.25, 0.3) is 0 Å². The highest BCUT2D eigenvalue weighted by atomic mass is 15.3. The molecule has 102 valence electrons. The molecule has 1 rings (SSSR count). The monoisotopic (exact) mass is 251 g/mol. The molecule has 1 unspecified atom stereocenters. The van der Waals surface area contributed by atoms with E-state index in [0.29, 0.717) is 0 Å². The molecule has 0 aromatic carbocycles. The van der Waals surface area contributed by atoms with Crippen LogP contribution in [0.3, 0.4) is 0 Å². The Hall–Kier alpha value is -1.36. The number of nitrogens with zero attached hydrogens (tertiary/aromatic N) is 3. The van der Waals surface area contributed by atoms with Crippen molar-refractivity contribution in [2.75, 3.05) is 13.6 Å². The van der Waals surface area contributed by atoms with Gasteiger partial charge >= 0.3 is 0 Å². The van der Waals surface area contributed by atoms with E-state index < -0.39 is 0 Å². The molecule has 0 fully saturated rings. The summed E-state index contributed by atoms with van der Waals surface area (Å²) in [5.74, 6) is 0.346. The van der Waals surface area contributed by atoms with Crippen LogP contribution in [-0.2, 0) is 19.5 Å². The van der Waals surface area contributed by atoms with Crippen LogP contribution in [0.4, 0.5) is 0 Å². The molecular formula is C13H25N5. The second-order valence-electron chi connectivity index (χ2n) is 4.85. The Morgan fingerprint density at radius 3 is 2.72 bits per heavy atom. The van der Waals surface area contributed by atoms with Gasteiger partial charge in [-0.2, -0.15) is 5.10 Å². The van der Waals surface area contributed by atoms with Gasteiger partial charge in [-0.3, -0.25) is 15.0 Å². The summed E-state index contributed by atoms with van der Waals surface area (Å²) in [4.78, 5) is 2.19. The molecule has 0 saturated carbocycles. The number of aryl methyl sites for hydroxylation is 2. The Kier molecular flexibility index (Phi) is 5.34. The standard InChI is InChI=1S/C13H25N5/c1-5-11-7-12(18(6-2)16-11)9-17(4)8-10(3)13(14)15/h7,10H,5-6,8-9H2,1-4H3,(H3,14,15). The zero-order valence-corrected chi connectivity index (χ0v) is 11.9. The Morgan fingerprint density at radius 1 is 1.56 bits per heavy atom. The molecule has 0 aliphatic heterocycles. The Bertz CT molecular complexity index is 396. The Morgan fingerprint density at radius 2 is 2.22 bits per heavy atom. The van der Waals surface area contributed by atoms with E-state index in [-0.39, 0.29) is 11.8 Å². The fourth-order valence-electron chi connectivity index (χ4n) is 2.00. The summed E-state index contributed by atoms with van der Waals surface area (Å²) >= 11 is 0. The zero-order chi connectivity index (χ0) is 13.7. The smallest absolute Gasteiger partial charge is 0.0947 e. The molecule has 1 heterocycles. The summed E-state index contributed by atoms with van der Waals surface area (Å²) in [5.41, 5.74) is 7.87. The van der Waals surface area contributed by atoms with Crippen LogP contribution < -0.4 is 5.73 Å². The van der Waals surface area contributed by atoms with Gasteiger partial charge in [0.2, 0.25) is 0 Å². The van der Waals surface area contributed by atoms with Crippen molar-refractivity contribution < 1.29 is 0 Å². The minimum atomic E-state index is 0.0960. The summed E-state index contributed by atoms with van der Waals surface area (Å²) in [7, 11) is 2.05. The second-order valence-corrected chi connectivity index (χ2v) is 4.85. The van der Waals surface area contributed by atoms with Crippen molar-refractivity contribution in [3.63, 3.8) is 0 Å². The van der Waals surface area contributed by atoms with E-state index in [1.54, 1.807) is 0 Å². The highest BCUT2D eigenvalue weighted by Gasteiger charge is 2.12. The third-order valence-electron chi connectivity index (χ3n) is 3.12. The first kappa shape index (κ1) is 14.7. The van der Waals surface area contributed by atoms with E-state index in [2.05, 4.69) is 37.0 Å². The van der Waals surface area contributed by atoms with Gasteiger partial charge in [-0.25, -0.2) is 0 Å². The van der Waals surface area contributed by atoms with Gasteiger partial charge in [-0.05, 0) is 26.5 Å². The summed E-state index contributed by atoms with van der Waals surface area (Å²) in [6, 6.07) is 2.17. The molecule has 0 aliphatic rings. The number of amidine groups is 1. The van der Waals surface area contributed by atoms with Gasteiger partial charge in [-0.1, -0.05) is 13.8 Å². The van der Waals surface area contributed by atoms with Crippen LogP contribution >= 0.6 is 0 Å². The third-order valence-corrected chi connectivity index (χ3v) is 3.12. The van der Waals surface area contributed by atoms with Crippen molar-refractivity contribution in [1.29, 1.82) is 5.41 Å². The first-order chi connectivity index (χ1) is 8.47. The van der Waals surface area contributed by atoms with E-state index in [1.807, 2.05) is 11.6 Å². The maximum atomic E-state index is 7.42. The van der Waals surface area contributed by atoms with Gasteiger partial charge in [0, 0.05) is 25.6 Å². The van der Waals surface area contributed by atoms with E-state index in [1.165, 1.54) is 5.69 Å². The van der Waals surface area contributed by atoms with Crippen LogP contribution in [0.2, 0.25) is 0 Å². The van der Waals surface area contributed by atoms with Crippen molar-refractivity contribution in [3.8, 4) is 0 Å². The van der Waals surface area contributed by atoms with Gasteiger partial charge in [0.25, 0.3) is 0 Å². The van der Waals surface area contributed by atoms with Gasteiger partial charge in [0.05, 0.1) is 17.2 Å². The fraction of sp³-hybridized carbons (Fsp3) is 0.692. The van der Waals surface area contributed by atoms with Crippen LogP contribution in [0.5, 0.6) is 0 Å². The third kappa shape index (κ3) is 3.84. The van der Waals surface area contributed by atoms with Gasteiger partial charge in [0.15, 0.2) is 0 Å². The molecule has 0 spiro atoms. The van der Waals surface area contributed by atoms with Crippen molar-refractivity contribution in [2.24, 2.45) is 11.7 Å². The molecule has 3 N–H and O–H groups in total. The van der Waals surface area contributed by atoms with Gasteiger partial charge < -0.3 is 5.73 Å². The van der Waals surface area contributed by atoms with Crippen molar-refractivity contribution in [2.45, 2.75) is 40.3 Å². The molecule has 0 saturated heterocycles. The minimum absolute atomic E-state index is 0.0960. The van der Waals surface area contributed by atoms with E-state index in [0.717, 1.165) is 31.7 Å². The molecule has 18 heavy (non-hydrogen) atoms. The Balaban J connectivity index is 2.65. The summed E-state index contributed by atoms with van der Waals surface area (Å²) in [6.45, 7) is 8.74. The number of aromatic nitrogens is 2. The maximum Gasteiger partial charge on any atom is 0.0947 e. The van der Waals surface area contributed by atoms with Crippen LogP contribution in [0, 0.1) is 11.3 Å². The van der Waals surface area contributed by atoms with Crippen LogP contribution in [0.15, 0.2) is 6.07 Å². The SMILES string of the molecule is CCc1cc(CN(C)CC(C)C(=N)N)n(CC)n1. The lowest BCUT2D eigenvalue weighted by Gasteiger charge is -2.20. The Labute approximate surface area is 109 Å². The molecule has 0 bridgehead atoms. The molecule has 0 aliphatic carbocycles. The number of nitrogens with one attached hydrogen (secondary N) is 1. The predicted octanol–water partition coefficient (Wildman–Crippen LogP) is 1.47. The van der Waals surface area contributed by atoms with Crippen molar-refractivity contribution >= 4 is 5.84 Å². The van der Waals surface area contributed by atoms with Crippen LogP contribution in [0.1, 0.15) is 32.2 Å². The van der Waals surface area contributed by atoms with Crippen LogP contribution in [-0.4, -0.2) is 34.1 Å². The van der Waals surface area contributed by atoms with Gasteiger partial charge in [0.1, 0.15) is 0 Å². The molecule has 0 amide bonds. The lowest BCUT2D eigenvalue weighted by Crippen LogP contribution is -2.32. The lowest BCUT2D eigenvalue weighted by atomic mass is 10.1. The molecule has 5 nitrogen and oxygen atoms in total. The molecule has 0 radical (unpaired) electrons. The number of hydrogen-bond donors (Lipinski definition) is 2. The number of nitrogens with two attached hydrogens (primary N) is 1. The average Bonchev–Trinajstić information content (AvgIpc) is 2.70.